The predicted molar refractivity (Wildman–Crippen MR) is 39.3 cm³/mol. The van der Waals surface area contributed by atoms with Crippen LogP contribution in [0.2, 0.25) is 0 Å². The van der Waals surface area contributed by atoms with Crippen molar-refractivity contribution in [3.05, 3.63) is 22.9 Å². The van der Waals surface area contributed by atoms with E-state index in [1.54, 1.807) is 11.5 Å². The van der Waals surface area contributed by atoms with E-state index in [4.69, 9.17) is 4.52 Å². The van der Waals surface area contributed by atoms with Crippen LogP contribution in [0.4, 0.5) is 0 Å². The highest BCUT2D eigenvalue weighted by Gasteiger charge is 1.91. The zero-order valence-corrected chi connectivity index (χ0v) is 5.93. The van der Waals surface area contributed by atoms with E-state index in [1.807, 2.05) is 13.0 Å². The second-order valence-electron chi connectivity index (χ2n) is 1.68. The summed E-state index contributed by atoms with van der Waals surface area (Å²) in [5, 5.41) is 5.32. The van der Waals surface area contributed by atoms with Gasteiger partial charge in [0.15, 0.2) is 0 Å². The van der Waals surface area contributed by atoms with Gasteiger partial charge in [-0.05, 0) is 18.4 Å². The normalized spacial score (nSPS) is 10.9. The fourth-order valence-corrected chi connectivity index (χ4v) is 0.693. The minimum absolute atomic E-state index is 0.808. The second kappa shape index (κ2) is 2.73. The lowest BCUT2D eigenvalue weighted by Gasteiger charge is -1.71. The number of nitrogens with zero attached hydrogens (tertiary/aromatic N) is 1. The first kappa shape index (κ1) is 6.42. The van der Waals surface area contributed by atoms with E-state index in [0.717, 1.165) is 11.5 Å². The van der Waals surface area contributed by atoms with Gasteiger partial charge in [0.25, 0.3) is 0 Å². The first-order chi connectivity index (χ1) is 4.33. The molecule has 0 N–H and O–H groups in total. The molecule has 1 rings (SSSR count). The van der Waals surface area contributed by atoms with Gasteiger partial charge < -0.3 is 4.52 Å². The molecular weight excluding hydrogens is 134 g/mol. The van der Waals surface area contributed by atoms with Crippen LogP contribution in [0.25, 0.3) is 6.08 Å². The molecule has 48 valence electrons. The van der Waals surface area contributed by atoms with Gasteiger partial charge in [-0.2, -0.15) is 12.6 Å². The molecule has 1 aromatic heterocycles. The molecule has 1 aromatic rings. The highest BCUT2D eigenvalue weighted by molar-refractivity contribution is 7.83. The third-order valence-electron chi connectivity index (χ3n) is 0.891. The van der Waals surface area contributed by atoms with Crippen LogP contribution in [-0.2, 0) is 0 Å². The second-order valence-corrected chi connectivity index (χ2v) is 1.98. The molecule has 0 unspecified atom stereocenters. The molecule has 0 aliphatic carbocycles. The summed E-state index contributed by atoms with van der Waals surface area (Å²) in [7, 11) is 0. The van der Waals surface area contributed by atoms with Crippen molar-refractivity contribution in [3.8, 4) is 0 Å². The first-order valence-electron chi connectivity index (χ1n) is 2.57. The molecule has 0 fully saturated rings. The van der Waals surface area contributed by atoms with E-state index in [-0.39, 0.29) is 0 Å². The molecule has 0 radical (unpaired) electrons. The van der Waals surface area contributed by atoms with E-state index in [9.17, 15) is 0 Å². The van der Waals surface area contributed by atoms with Crippen molar-refractivity contribution in [2.75, 3.05) is 0 Å². The van der Waals surface area contributed by atoms with Gasteiger partial charge in [-0.3, -0.25) is 0 Å². The quantitative estimate of drug-likeness (QED) is 0.604. The summed E-state index contributed by atoms with van der Waals surface area (Å²) in [6, 6.07) is 1.84. The molecule has 9 heavy (non-hydrogen) atoms. The smallest absolute Gasteiger partial charge is 0.134 e. The van der Waals surface area contributed by atoms with E-state index in [0.29, 0.717) is 0 Å². The van der Waals surface area contributed by atoms with Crippen LogP contribution in [0.5, 0.6) is 0 Å². The third-order valence-corrected chi connectivity index (χ3v) is 1.04. The number of hydrogen-bond donors (Lipinski definition) is 1. The van der Waals surface area contributed by atoms with Crippen LogP contribution >= 0.6 is 12.6 Å². The predicted octanol–water partition coefficient (Wildman–Crippen LogP) is 1.88. The summed E-state index contributed by atoms with van der Waals surface area (Å²) >= 11 is 3.88. The fourth-order valence-electron chi connectivity index (χ4n) is 0.541. The zero-order valence-electron chi connectivity index (χ0n) is 5.03. The minimum atomic E-state index is 0.808. The van der Waals surface area contributed by atoms with Crippen LogP contribution in [-0.4, -0.2) is 5.16 Å². The lowest BCUT2D eigenvalue weighted by atomic mass is 10.4. The van der Waals surface area contributed by atoms with Gasteiger partial charge in [-0.15, -0.1) is 0 Å². The monoisotopic (exact) mass is 141 g/mol. The number of aromatic nitrogens is 1. The number of hydrogen-bond acceptors (Lipinski definition) is 3. The average molecular weight is 141 g/mol. The van der Waals surface area contributed by atoms with Crippen LogP contribution < -0.4 is 0 Å². The molecule has 0 spiro atoms. The standard InChI is InChI=1S/C6H7NOS/c1-5-4-6(2-3-9)7-8-5/h2-4,9H,1H3/b3-2+. The Hall–Kier alpha value is -0.700. The van der Waals surface area contributed by atoms with Gasteiger partial charge in [0.1, 0.15) is 11.5 Å². The van der Waals surface area contributed by atoms with Crippen molar-refractivity contribution in [1.82, 2.24) is 5.16 Å². The summed E-state index contributed by atoms with van der Waals surface area (Å²) in [6.45, 7) is 1.85. The molecule has 0 saturated carbocycles. The summed E-state index contributed by atoms with van der Waals surface area (Å²) in [6.07, 6.45) is 1.76. The Bertz CT molecular complexity index is 217. The zero-order chi connectivity index (χ0) is 6.69. The van der Waals surface area contributed by atoms with Crippen molar-refractivity contribution in [2.24, 2.45) is 0 Å². The third kappa shape index (κ3) is 1.61. The molecule has 0 aliphatic rings. The fraction of sp³-hybridized carbons (Fsp3) is 0.167. The maximum absolute atomic E-state index is 4.78. The Labute approximate surface area is 59.0 Å². The lowest BCUT2D eigenvalue weighted by molar-refractivity contribution is 0.396. The summed E-state index contributed by atoms with van der Waals surface area (Å²) in [5.41, 5.74) is 0.808. The molecule has 3 heteroatoms. The Morgan fingerprint density at radius 1 is 1.78 bits per heavy atom. The lowest BCUT2D eigenvalue weighted by Crippen LogP contribution is -1.62. The van der Waals surface area contributed by atoms with E-state index in [1.165, 1.54) is 0 Å². The van der Waals surface area contributed by atoms with Gasteiger partial charge >= 0.3 is 0 Å². The molecule has 0 bridgehead atoms. The molecule has 0 saturated heterocycles. The maximum atomic E-state index is 4.78. The van der Waals surface area contributed by atoms with Gasteiger partial charge in [0, 0.05) is 6.07 Å². The van der Waals surface area contributed by atoms with Gasteiger partial charge in [-0.1, -0.05) is 5.16 Å². The maximum Gasteiger partial charge on any atom is 0.134 e. The molecule has 0 aliphatic heterocycles. The molecule has 2 nitrogen and oxygen atoms in total. The topological polar surface area (TPSA) is 26.0 Å². The molecule has 0 aromatic carbocycles. The first-order valence-corrected chi connectivity index (χ1v) is 3.08. The molecule has 0 atom stereocenters. The van der Waals surface area contributed by atoms with E-state index >= 15 is 0 Å². The van der Waals surface area contributed by atoms with E-state index in [2.05, 4.69) is 17.8 Å². The molecular formula is C6H7NOS. The Morgan fingerprint density at radius 3 is 3.00 bits per heavy atom. The van der Waals surface area contributed by atoms with Crippen molar-refractivity contribution in [2.45, 2.75) is 6.92 Å². The molecule has 1 heterocycles. The largest absolute Gasteiger partial charge is 0.361 e. The van der Waals surface area contributed by atoms with Crippen LogP contribution in [0, 0.1) is 6.92 Å². The minimum Gasteiger partial charge on any atom is -0.361 e. The van der Waals surface area contributed by atoms with Crippen LogP contribution in [0.15, 0.2) is 16.0 Å². The van der Waals surface area contributed by atoms with Gasteiger partial charge in [0.2, 0.25) is 0 Å². The highest BCUT2D eigenvalue weighted by Crippen LogP contribution is 2.03. The van der Waals surface area contributed by atoms with Gasteiger partial charge in [-0.25, -0.2) is 0 Å². The summed E-state index contributed by atoms with van der Waals surface area (Å²) < 4.78 is 4.78. The molecule has 0 amide bonds. The number of rotatable bonds is 1. The summed E-state index contributed by atoms with van der Waals surface area (Å²) in [4.78, 5) is 0. The van der Waals surface area contributed by atoms with E-state index < -0.39 is 0 Å². The Morgan fingerprint density at radius 2 is 2.56 bits per heavy atom. The number of aryl methyl sites for hydroxylation is 1. The number of thiol groups is 1. The SMILES string of the molecule is Cc1cc(/C=C/S)no1. The Kier molecular flexibility index (Phi) is 1.95. The van der Waals surface area contributed by atoms with Crippen LogP contribution in [0.1, 0.15) is 11.5 Å². The van der Waals surface area contributed by atoms with Crippen molar-refractivity contribution < 1.29 is 4.52 Å². The average Bonchev–Trinajstić information content (AvgIpc) is 2.17. The summed E-state index contributed by atoms with van der Waals surface area (Å²) in [5.74, 6) is 0.816. The Balaban J connectivity index is 2.85. The highest BCUT2D eigenvalue weighted by atomic mass is 32.1. The van der Waals surface area contributed by atoms with Crippen LogP contribution in [0.3, 0.4) is 0 Å². The van der Waals surface area contributed by atoms with Crippen molar-refractivity contribution in [3.63, 3.8) is 0 Å². The van der Waals surface area contributed by atoms with Gasteiger partial charge in [0.05, 0.1) is 0 Å². The van der Waals surface area contributed by atoms with Crippen molar-refractivity contribution in [1.29, 1.82) is 0 Å². The van der Waals surface area contributed by atoms with Crippen molar-refractivity contribution >= 4 is 18.7 Å².